The Morgan fingerprint density at radius 3 is 1.74 bits per heavy atom. The molecule has 62 heavy (non-hydrogen) atoms. The number of ether oxygens (including phenoxy) is 12. The average Bonchev–Trinajstić information content (AvgIpc) is 3.15. The average molecular weight is 875 g/mol. The van der Waals surface area contributed by atoms with Gasteiger partial charge in [-0.05, 0) is 24.6 Å². The zero-order valence-electron chi connectivity index (χ0n) is 34.8. The summed E-state index contributed by atoms with van der Waals surface area (Å²) in [6.45, 7) is 8.47. The molecule has 1 N–H and O–H groups in total. The van der Waals surface area contributed by atoms with Gasteiger partial charge in [-0.25, -0.2) is 0 Å². The highest BCUT2D eigenvalue weighted by molar-refractivity contribution is 6.02. The van der Waals surface area contributed by atoms with Gasteiger partial charge in [-0.2, -0.15) is 0 Å². The molecule has 0 saturated carbocycles. The van der Waals surface area contributed by atoms with Crippen molar-refractivity contribution in [1.82, 2.24) is 0 Å². The van der Waals surface area contributed by atoms with Crippen molar-refractivity contribution in [1.29, 1.82) is 0 Å². The molecule has 3 heterocycles. The Morgan fingerprint density at radius 1 is 0.629 bits per heavy atom. The molecule has 0 amide bonds. The maximum absolute atomic E-state index is 13.4. The van der Waals surface area contributed by atoms with Crippen LogP contribution >= 0.6 is 0 Å². The number of ketones is 1. The van der Waals surface area contributed by atoms with Gasteiger partial charge in [0.25, 0.3) is 0 Å². The number of aromatic hydroxyl groups is 1. The van der Waals surface area contributed by atoms with E-state index in [1.165, 1.54) is 32.0 Å². The van der Waals surface area contributed by atoms with Gasteiger partial charge in [0.05, 0.1) is 12.5 Å². The summed E-state index contributed by atoms with van der Waals surface area (Å²) < 4.78 is 69.1. The molecule has 0 aromatic heterocycles. The second kappa shape index (κ2) is 20.0. The molecule has 11 atom stereocenters. The highest BCUT2D eigenvalue weighted by atomic mass is 16.8. The topological polar surface area (TPSA) is 268 Å². The molecule has 0 spiro atoms. The lowest BCUT2D eigenvalue weighted by Gasteiger charge is -2.48. The minimum atomic E-state index is -1.80. The van der Waals surface area contributed by atoms with E-state index in [0.717, 1.165) is 47.6 Å². The minimum absolute atomic E-state index is 0.121. The van der Waals surface area contributed by atoms with E-state index in [9.17, 15) is 43.5 Å². The van der Waals surface area contributed by atoms with Crippen molar-refractivity contribution in [3.05, 3.63) is 47.5 Å². The van der Waals surface area contributed by atoms with E-state index < -0.39 is 127 Å². The Hall–Kier alpha value is -6.32. The number of hydrogen-bond acceptors (Lipinski definition) is 21. The van der Waals surface area contributed by atoms with E-state index in [1.807, 2.05) is 0 Å². The molecule has 2 aromatic rings. The molecular formula is C41H46O21. The predicted octanol–water partition coefficient (Wildman–Crippen LogP) is 2.48. The molecular weight excluding hydrogens is 828 g/mol. The Bertz CT molecular complexity index is 2050. The molecule has 336 valence electrons. The summed E-state index contributed by atoms with van der Waals surface area (Å²) in [6, 6.07) is 8.54. The van der Waals surface area contributed by atoms with Crippen molar-refractivity contribution in [3.63, 3.8) is 0 Å². The fourth-order valence-corrected chi connectivity index (χ4v) is 7.06. The van der Waals surface area contributed by atoms with Gasteiger partial charge >= 0.3 is 41.8 Å². The highest BCUT2D eigenvalue weighted by Crippen LogP contribution is 2.43. The van der Waals surface area contributed by atoms with Gasteiger partial charge in [-0.3, -0.25) is 38.4 Å². The van der Waals surface area contributed by atoms with E-state index in [0.29, 0.717) is 5.56 Å². The van der Waals surface area contributed by atoms with Gasteiger partial charge in [-0.1, -0.05) is 12.1 Å². The van der Waals surface area contributed by atoms with E-state index in [-0.39, 0.29) is 29.2 Å². The monoisotopic (exact) mass is 874 g/mol. The summed E-state index contributed by atoms with van der Waals surface area (Å²) in [6.07, 6.45) is -16.8. The molecule has 2 fully saturated rings. The third kappa shape index (κ3) is 11.7. The standard InChI is InChI=1S/C41H46O21/c1-17-34(54-20(4)44)36(56-22(6)46)38(58-24(8)48)40(52-17)62-39-37(57-23(7)47)35(55-21(5)45)32(16-51-18(2)42)61-41(39)59-27-13-28(49)33-29(50)15-30(60-31(33)14-27)25-9-11-26(12-10-25)53-19(3)43/h9-14,17,30,32,34-41,49H,15-16H2,1-8H3/t17-,30+,32-,34+,35-,36+,37+,38+,39-,40+,41-/m1/s1. The van der Waals surface area contributed by atoms with Crippen LogP contribution in [0, 0.1) is 0 Å². The predicted molar refractivity (Wildman–Crippen MR) is 201 cm³/mol. The van der Waals surface area contributed by atoms with Crippen LogP contribution in [0.3, 0.4) is 0 Å². The first-order valence-electron chi connectivity index (χ1n) is 19.2. The maximum Gasteiger partial charge on any atom is 0.308 e. The van der Waals surface area contributed by atoms with E-state index >= 15 is 0 Å². The largest absolute Gasteiger partial charge is 0.507 e. The third-order valence-electron chi connectivity index (χ3n) is 9.31. The molecule has 21 heteroatoms. The second-order valence-corrected chi connectivity index (χ2v) is 14.4. The molecule has 2 aromatic carbocycles. The molecule has 0 bridgehead atoms. The van der Waals surface area contributed by atoms with Crippen LogP contribution in [0.25, 0.3) is 0 Å². The summed E-state index contributed by atoms with van der Waals surface area (Å²) in [4.78, 5) is 99.0. The smallest absolute Gasteiger partial charge is 0.308 e. The summed E-state index contributed by atoms with van der Waals surface area (Å²) in [5.41, 5.74) is 0.353. The molecule has 0 radical (unpaired) electrons. The van der Waals surface area contributed by atoms with Crippen LogP contribution in [0.4, 0.5) is 0 Å². The van der Waals surface area contributed by atoms with Gasteiger partial charge in [0, 0.05) is 60.6 Å². The number of hydrogen-bond donors (Lipinski definition) is 1. The van der Waals surface area contributed by atoms with Crippen LogP contribution in [-0.2, 0) is 76.2 Å². The van der Waals surface area contributed by atoms with E-state index in [4.69, 9.17) is 56.8 Å². The number of Topliss-reactive ketones (excluding diaryl/α,β-unsaturated/α-hetero) is 1. The summed E-state index contributed by atoms with van der Waals surface area (Å²) in [5.74, 6) is -6.83. The number of esters is 7. The van der Waals surface area contributed by atoms with Crippen LogP contribution in [0.5, 0.6) is 23.0 Å². The Kier molecular flexibility index (Phi) is 15.1. The van der Waals surface area contributed by atoms with Crippen LogP contribution in [-0.4, -0.2) is 121 Å². The molecule has 21 nitrogen and oxygen atoms in total. The fraction of sp³-hybridized carbons (Fsp3) is 0.512. The SMILES string of the molecule is CC(=O)OC[C@H]1O[C@@H](Oc2cc(O)c3c(c2)O[C@H](c2ccc(OC(C)=O)cc2)CC3=O)[C@H](O[C@@H]2O[C@H](C)[C@H](OC(C)=O)[C@H](OC(C)=O)[C@@H]2OC(C)=O)[C@@H](OC(C)=O)[C@@H]1OC(C)=O. The number of phenols is 1. The van der Waals surface area contributed by atoms with E-state index in [2.05, 4.69) is 0 Å². The van der Waals surface area contributed by atoms with Crippen molar-refractivity contribution < 1.29 is 100 Å². The van der Waals surface area contributed by atoms with Gasteiger partial charge in [-0.15, -0.1) is 0 Å². The van der Waals surface area contributed by atoms with Crippen LogP contribution in [0.1, 0.15) is 83.8 Å². The fourth-order valence-electron chi connectivity index (χ4n) is 7.06. The van der Waals surface area contributed by atoms with Gasteiger partial charge < -0.3 is 61.9 Å². The van der Waals surface area contributed by atoms with Gasteiger partial charge in [0.15, 0.2) is 48.7 Å². The van der Waals surface area contributed by atoms with Crippen LogP contribution < -0.4 is 14.2 Å². The van der Waals surface area contributed by atoms with Gasteiger partial charge in [0.1, 0.15) is 47.4 Å². The van der Waals surface area contributed by atoms with Crippen molar-refractivity contribution in [2.45, 2.75) is 129 Å². The molecule has 0 unspecified atom stereocenters. The number of benzene rings is 2. The quantitative estimate of drug-likeness (QED) is 0.172. The lowest BCUT2D eigenvalue weighted by molar-refractivity contribution is -0.356. The zero-order chi connectivity index (χ0) is 45.6. The van der Waals surface area contributed by atoms with Crippen molar-refractivity contribution in [2.75, 3.05) is 6.61 Å². The summed E-state index contributed by atoms with van der Waals surface area (Å²) in [7, 11) is 0. The number of rotatable bonds is 13. The lowest BCUT2D eigenvalue weighted by Crippen LogP contribution is -2.67. The van der Waals surface area contributed by atoms with Crippen molar-refractivity contribution in [3.8, 4) is 23.0 Å². The first kappa shape index (κ1) is 46.7. The molecule has 5 rings (SSSR count). The van der Waals surface area contributed by atoms with E-state index in [1.54, 1.807) is 12.1 Å². The Morgan fingerprint density at radius 2 is 1.18 bits per heavy atom. The Balaban J connectivity index is 1.58. The Labute approximate surface area is 354 Å². The van der Waals surface area contributed by atoms with Crippen LogP contribution in [0.2, 0.25) is 0 Å². The number of carbonyl (C=O) groups is 8. The molecule has 0 aliphatic carbocycles. The third-order valence-corrected chi connectivity index (χ3v) is 9.31. The van der Waals surface area contributed by atoms with Crippen LogP contribution in [0.15, 0.2) is 36.4 Å². The van der Waals surface area contributed by atoms with Gasteiger partial charge in [0.2, 0.25) is 6.29 Å². The zero-order valence-corrected chi connectivity index (χ0v) is 34.8. The van der Waals surface area contributed by atoms with Crippen molar-refractivity contribution >= 4 is 47.6 Å². The number of carbonyl (C=O) groups excluding carboxylic acids is 8. The second-order valence-electron chi connectivity index (χ2n) is 14.4. The maximum atomic E-state index is 13.4. The first-order valence-corrected chi connectivity index (χ1v) is 19.2. The summed E-state index contributed by atoms with van der Waals surface area (Å²) in [5, 5.41) is 11.2. The molecule has 3 aliphatic heterocycles. The first-order chi connectivity index (χ1) is 29.2. The lowest BCUT2D eigenvalue weighted by atomic mass is 9.95. The van der Waals surface area contributed by atoms with Crippen molar-refractivity contribution in [2.24, 2.45) is 0 Å². The molecule has 3 aliphatic rings. The molecule has 2 saturated heterocycles. The number of fused-ring (bicyclic) bond motifs is 1. The highest BCUT2D eigenvalue weighted by Gasteiger charge is 2.57. The number of phenolic OH excluding ortho intramolecular Hbond substituents is 1. The minimum Gasteiger partial charge on any atom is -0.507 e. The normalized spacial score (nSPS) is 27.8. The summed E-state index contributed by atoms with van der Waals surface area (Å²) >= 11 is 0.